The zero-order valence-corrected chi connectivity index (χ0v) is 33.2. The fraction of sp³-hybridized carbons (Fsp3) is 0.474. The number of anilines is 1. The maximum Gasteiger partial charge on any atom is 0.411 e. The molecule has 2 saturated carbocycles. The van der Waals surface area contributed by atoms with Gasteiger partial charge in [-0.3, -0.25) is 14.5 Å². The Kier molecular flexibility index (Phi) is 16.2. The Morgan fingerprint density at radius 3 is 2.26 bits per heavy atom. The molecule has 1 amide bonds. The molecule has 12 nitrogen and oxygen atoms in total. The summed E-state index contributed by atoms with van der Waals surface area (Å²) < 4.78 is 85.5. The predicted octanol–water partition coefficient (Wildman–Crippen LogP) is 8.10. The standard InChI is InChI=1S/C28H30ClF3N8O2.C5H6F3NO.C5H12/c1-34-16-35-40(27(31)32)25-13-18(5-9-21(25)29)26(15-42-3)38(2)28(33)36-24(14-41)20-8-4-17(12-22(20)30)23-10-11-39(37-23)19-6-7-19;6-5(7,8)4(1-2-4)9-3-10;1-5(2,3)4/h4-5,8-14,16,19,24,26-27H,1,6-7,15H2,2-3H3,(H2,33,36);3H,1-2H2,(H,9,10);1-4H3/b35-16-;;. The van der Waals surface area contributed by atoms with Gasteiger partial charge in [-0.15, -0.1) is 0 Å². The van der Waals surface area contributed by atoms with E-state index in [1.54, 1.807) is 24.5 Å². The highest BCUT2D eigenvalue weighted by molar-refractivity contribution is 6.33. The molecule has 312 valence electrons. The SMILES string of the molecule is C=N/C=N\N(c1cc(C(COC)N(C)C(N)=NC(C=O)c2ccc(-c3ccn(C4CC4)n3)cc2F)ccc1Cl)C(F)F.CC(C)(C)C.O=CNC1(C(F)(F)F)CC1. The predicted molar refractivity (Wildman–Crippen MR) is 209 cm³/mol. The van der Waals surface area contributed by atoms with E-state index in [4.69, 9.17) is 22.1 Å². The third-order valence-corrected chi connectivity index (χ3v) is 8.69. The van der Waals surface area contributed by atoms with Gasteiger partial charge < -0.3 is 25.5 Å². The summed E-state index contributed by atoms with van der Waals surface area (Å²) in [6, 6.07) is 9.21. The molecule has 5 rings (SSSR count). The minimum absolute atomic E-state index is 0.00917. The summed E-state index contributed by atoms with van der Waals surface area (Å²) in [7, 11) is 3.04. The Bertz CT molecular complexity index is 1870. The minimum atomic E-state index is -4.28. The molecule has 1 aromatic heterocycles. The molecule has 0 saturated heterocycles. The molecule has 0 radical (unpaired) electrons. The van der Waals surface area contributed by atoms with E-state index in [0.717, 1.165) is 19.2 Å². The highest BCUT2D eigenvalue weighted by Gasteiger charge is 2.63. The van der Waals surface area contributed by atoms with Gasteiger partial charge in [0, 0.05) is 31.5 Å². The summed E-state index contributed by atoms with van der Waals surface area (Å²) in [6.07, 6.45) is 1.19. The number of nitrogens with two attached hydrogens (primary N) is 1. The summed E-state index contributed by atoms with van der Waals surface area (Å²) in [6.45, 7) is 8.98. The largest absolute Gasteiger partial charge is 0.411 e. The summed E-state index contributed by atoms with van der Waals surface area (Å²) in [4.78, 5) is 30.9. The van der Waals surface area contributed by atoms with Crippen LogP contribution in [-0.2, 0) is 14.3 Å². The third-order valence-electron chi connectivity index (χ3n) is 8.37. The smallest absolute Gasteiger partial charge is 0.382 e. The van der Waals surface area contributed by atoms with Crippen LogP contribution in [0.4, 0.5) is 32.0 Å². The third kappa shape index (κ3) is 13.3. The van der Waals surface area contributed by atoms with Crippen LogP contribution in [0, 0.1) is 11.2 Å². The van der Waals surface area contributed by atoms with Crippen LogP contribution in [0.15, 0.2) is 63.7 Å². The molecule has 2 aromatic carbocycles. The number of hydrazone groups is 1. The number of guanidine groups is 1. The molecule has 2 atom stereocenters. The number of nitrogens with zero attached hydrogens (tertiary/aromatic N) is 7. The Morgan fingerprint density at radius 1 is 1.14 bits per heavy atom. The van der Waals surface area contributed by atoms with Gasteiger partial charge >= 0.3 is 12.7 Å². The van der Waals surface area contributed by atoms with Crippen molar-refractivity contribution in [3.8, 4) is 11.3 Å². The average Bonchev–Trinajstić information content (AvgIpc) is 4.08. The normalized spacial score (nSPS) is 16.1. The molecular formula is C38H48ClF6N9O3. The van der Waals surface area contributed by atoms with E-state index >= 15 is 4.39 Å². The second kappa shape index (κ2) is 19.9. The monoisotopic (exact) mass is 827 g/mol. The van der Waals surface area contributed by atoms with Crippen molar-refractivity contribution >= 4 is 49.0 Å². The highest BCUT2D eigenvalue weighted by Crippen LogP contribution is 2.48. The number of hydrogen-bond donors (Lipinski definition) is 2. The number of methoxy groups -OCH3 is 1. The molecule has 2 unspecified atom stereocenters. The van der Waals surface area contributed by atoms with E-state index in [9.17, 15) is 31.5 Å². The van der Waals surface area contributed by atoms with Gasteiger partial charge in [0.1, 0.15) is 30.0 Å². The Labute approximate surface area is 332 Å². The second-order valence-corrected chi connectivity index (χ2v) is 15.3. The first kappa shape index (κ1) is 46.4. The first-order chi connectivity index (χ1) is 26.7. The number of aliphatic imine (C=N–C) groups is 2. The van der Waals surface area contributed by atoms with Crippen LogP contribution >= 0.6 is 11.6 Å². The summed E-state index contributed by atoms with van der Waals surface area (Å²) in [5.41, 5.74) is 6.51. The van der Waals surface area contributed by atoms with Crippen LogP contribution in [-0.4, -0.2) is 85.4 Å². The summed E-state index contributed by atoms with van der Waals surface area (Å²) >= 11 is 6.21. The number of aldehydes is 1. The van der Waals surface area contributed by atoms with Crippen LogP contribution < -0.4 is 16.1 Å². The molecule has 19 heteroatoms. The number of amides is 1. The van der Waals surface area contributed by atoms with Crippen LogP contribution in [0.2, 0.25) is 5.02 Å². The first-order valence-corrected chi connectivity index (χ1v) is 18.1. The number of benzene rings is 2. The van der Waals surface area contributed by atoms with E-state index in [-0.39, 0.29) is 48.1 Å². The van der Waals surface area contributed by atoms with Crippen molar-refractivity contribution in [2.24, 2.45) is 26.2 Å². The maximum absolute atomic E-state index is 15.2. The zero-order valence-electron chi connectivity index (χ0n) is 32.5. The van der Waals surface area contributed by atoms with E-state index < -0.39 is 36.2 Å². The topological polar surface area (TPSA) is 143 Å². The average molecular weight is 828 g/mol. The van der Waals surface area contributed by atoms with Crippen molar-refractivity contribution in [3.05, 3.63) is 70.6 Å². The maximum atomic E-state index is 15.2. The molecule has 2 aliphatic rings. The molecule has 2 fully saturated rings. The van der Waals surface area contributed by atoms with Crippen LogP contribution in [0.3, 0.4) is 0 Å². The lowest BCUT2D eigenvalue weighted by molar-refractivity contribution is -0.167. The molecule has 0 spiro atoms. The second-order valence-electron chi connectivity index (χ2n) is 14.9. The number of rotatable bonds is 15. The Morgan fingerprint density at radius 2 is 1.79 bits per heavy atom. The summed E-state index contributed by atoms with van der Waals surface area (Å²) in [5.74, 6) is -0.751. The zero-order chi connectivity index (χ0) is 42.7. The van der Waals surface area contributed by atoms with Gasteiger partial charge in [-0.25, -0.2) is 14.4 Å². The molecule has 0 bridgehead atoms. The molecule has 0 aliphatic heterocycles. The fourth-order valence-electron chi connectivity index (χ4n) is 5.09. The number of hydrogen-bond acceptors (Lipinski definition) is 7. The number of nitrogens with one attached hydrogen (secondary N) is 1. The van der Waals surface area contributed by atoms with E-state index in [1.807, 2.05) is 16.9 Å². The van der Waals surface area contributed by atoms with Crippen molar-refractivity contribution in [2.75, 3.05) is 25.8 Å². The lowest BCUT2D eigenvalue weighted by Gasteiger charge is -2.30. The van der Waals surface area contributed by atoms with E-state index in [1.165, 1.54) is 36.3 Å². The van der Waals surface area contributed by atoms with Crippen molar-refractivity contribution in [1.29, 1.82) is 0 Å². The van der Waals surface area contributed by atoms with Crippen LogP contribution in [0.1, 0.15) is 82.6 Å². The number of halogens is 7. The lowest BCUT2D eigenvalue weighted by Crippen LogP contribution is -2.44. The van der Waals surface area contributed by atoms with Crippen molar-refractivity contribution < 1.29 is 40.7 Å². The number of aromatic nitrogens is 2. The Balaban J connectivity index is 0.000000485. The molecule has 2 aliphatic carbocycles. The van der Waals surface area contributed by atoms with Gasteiger partial charge in [-0.05, 0) is 67.6 Å². The van der Waals surface area contributed by atoms with Crippen molar-refractivity contribution in [1.82, 2.24) is 20.0 Å². The highest BCUT2D eigenvalue weighted by atomic mass is 35.5. The molecular weight excluding hydrogens is 780 g/mol. The summed E-state index contributed by atoms with van der Waals surface area (Å²) in [5, 5.41) is 10.3. The van der Waals surface area contributed by atoms with Crippen molar-refractivity contribution in [3.63, 3.8) is 0 Å². The van der Waals surface area contributed by atoms with Gasteiger partial charge in [0.15, 0.2) is 5.96 Å². The van der Waals surface area contributed by atoms with E-state index in [2.05, 4.69) is 54.6 Å². The van der Waals surface area contributed by atoms with Gasteiger partial charge in [0.2, 0.25) is 6.41 Å². The molecule has 1 heterocycles. The van der Waals surface area contributed by atoms with Crippen molar-refractivity contribution in [2.45, 2.75) is 89.8 Å². The van der Waals surface area contributed by atoms with Gasteiger partial charge in [0.05, 0.1) is 35.1 Å². The number of alkyl halides is 5. The number of carbonyl (C=O) groups is 2. The Hall–Kier alpha value is -4.97. The first-order valence-electron chi connectivity index (χ1n) is 17.7. The quantitative estimate of drug-likeness (QED) is 0.0394. The number of likely N-dealkylation sites (N-methyl/N-ethyl adjacent to an activating group) is 1. The number of ether oxygens (including phenoxy) is 1. The van der Waals surface area contributed by atoms with E-state index in [0.29, 0.717) is 39.6 Å². The van der Waals surface area contributed by atoms with Gasteiger partial charge in [0.25, 0.3) is 0 Å². The van der Waals surface area contributed by atoms with Crippen LogP contribution in [0.25, 0.3) is 11.3 Å². The molecule has 57 heavy (non-hydrogen) atoms. The van der Waals surface area contributed by atoms with Gasteiger partial charge in [-0.2, -0.15) is 32.2 Å². The fourth-order valence-corrected chi connectivity index (χ4v) is 5.29. The number of carbonyl (C=O) groups excluding carboxylic acids is 2. The van der Waals surface area contributed by atoms with Gasteiger partial charge in [-0.1, -0.05) is 57.5 Å². The molecule has 3 aromatic rings. The lowest BCUT2D eigenvalue weighted by atomic mass is 10.0. The minimum Gasteiger partial charge on any atom is -0.382 e. The van der Waals surface area contributed by atoms with Crippen LogP contribution in [0.5, 0.6) is 0 Å². The molecule has 3 N–H and O–H groups in total.